The summed E-state index contributed by atoms with van der Waals surface area (Å²) >= 11 is 0. The van der Waals surface area contributed by atoms with E-state index in [1.165, 1.54) is 6.20 Å². The Balaban J connectivity index is 2.10. The standard InChI is InChI=1S/C7H10N6O/c8-3-1-2-6-11-12-7(14-6)5-4-9-13-10-5/h4H,1-3,8H2,(H,9,10,13). The van der Waals surface area contributed by atoms with Crippen LogP contribution >= 0.6 is 0 Å². The van der Waals surface area contributed by atoms with E-state index in [9.17, 15) is 0 Å². The van der Waals surface area contributed by atoms with E-state index in [-0.39, 0.29) is 0 Å². The molecule has 2 rings (SSSR count). The predicted octanol–water partition coefficient (Wildman–Crippen LogP) is -0.254. The first-order chi connectivity index (χ1) is 6.90. The number of H-pyrrole nitrogens is 1. The Kier molecular flexibility index (Phi) is 2.50. The highest BCUT2D eigenvalue weighted by Gasteiger charge is 2.09. The van der Waals surface area contributed by atoms with Gasteiger partial charge in [0.1, 0.15) is 0 Å². The molecule has 0 bridgehead atoms. The van der Waals surface area contributed by atoms with Crippen LogP contribution in [0.2, 0.25) is 0 Å². The fourth-order valence-corrected chi connectivity index (χ4v) is 1.02. The van der Waals surface area contributed by atoms with Crippen LogP contribution in [0.3, 0.4) is 0 Å². The first kappa shape index (κ1) is 8.82. The highest BCUT2D eigenvalue weighted by atomic mass is 16.4. The molecule has 7 nitrogen and oxygen atoms in total. The molecule has 74 valence electrons. The maximum absolute atomic E-state index is 5.36. The first-order valence-electron chi connectivity index (χ1n) is 4.28. The van der Waals surface area contributed by atoms with Gasteiger partial charge in [0, 0.05) is 6.42 Å². The fraction of sp³-hybridized carbons (Fsp3) is 0.429. The molecule has 0 aliphatic rings. The maximum atomic E-state index is 5.36. The second-order valence-electron chi connectivity index (χ2n) is 2.75. The van der Waals surface area contributed by atoms with Gasteiger partial charge in [0.15, 0.2) is 5.69 Å². The lowest BCUT2D eigenvalue weighted by molar-refractivity contribution is 0.497. The van der Waals surface area contributed by atoms with Gasteiger partial charge in [0.2, 0.25) is 5.89 Å². The molecular weight excluding hydrogens is 184 g/mol. The number of aryl methyl sites for hydroxylation is 1. The minimum absolute atomic E-state index is 0.380. The van der Waals surface area contributed by atoms with Gasteiger partial charge in [0.25, 0.3) is 5.89 Å². The number of hydrogen-bond donors (Lipinski definition) is 2. The third-order valence-corrected chi connectivity index (χ3v) is 1.70. The molecule has 0 amide bonds. The van der Waals surface area contributed by atoms with Crippen molar-refractivity contribution in [2.75, 3.05) is 6.54 Å². The number of aromatic nitrogens is 5. The summed E-state index contributed by atoms with van der Waals surface area (Å²) in [5, 5.41) is 17.6. The topological polar surface area (TPSA) is 107 Å². The Hall–Kier alpha value is -1.76. The molecule has 0 radical (unpaired) electrons. The predicted molar refractivity (Wildman–Crippen MR) is 47.1 cm³/mol. The molecule has 2 aromatic heterocycles. The highest BCUT2D eigenvalue weighted by Crippen LogP contribution is 2.13. The van der Waals surface area contributed by atoms with E-state index in [0.29, 0.717) is 30.4 Å². The molecule has 0 saturated heterocycles. The smallest absolute Gasteiger partial charge is 0.269 e. The van der Waals surface area contributed by atoms with Crippen LogP contribution in [-0.2, 0) is 6.42 Å². The van der Waals surface area contributed by atoms with Crippen LogP contribution in [0.15, 0.2) is 10.6 Å². The lowest BCUT2D eigenvalue weighted by Gasteiger charge is -1.89. The summed E-state index contributed by atoms with van der Waals surface area (Å²) in [6.45, 7) is 0.613. The highest BCUT2D eigenvalue weighted by molar-refractivity contribution is 5.42. The molecule has 0 aromatic carbocycles. The summed E-state index contributed by atoms with van der Waals surface area (Å²) in [4.78, 5) is 0. The lowest BCUT2D eigenvalue weighted by Crippen LogP contribution is -2.00. The quantitative estimate of drug-likeness (QED) is 0.694. The van der Waals surface area contributed by atoms with Crippen molar-refractivity contribution in [3.63, 3.8) is 0 Å². The third kappa shape index (κ3) is 1.77. The normalized spacial score (nSPS) is 10.6. The largest absolute Gasteiger partial charge is 0.419 e. The number of nitrogens with two attached hydrogens (primary N) is 1. The molecule has 7 heteroatoms. The molecule has 3 N–H and O–H groups in total. The van der Waals surface area contributed by atoms with Gasteiger partial charge in [0.05, 0.1) is 6.20 Å². The molecular formula is C7H10N6O. The van der Waals surface area contributed by atoms with E-state index in [4.69, 9.17) is 10.2 Å². The third-order valence-electron chi connectivity index (χ3n) is 1.70. The minimum atomic E-state index is 0.380. The number of nitrogens with zero attached hydrogens (tertiary/aromatic N) is 4. The molecule has 0 atom stereocenters. The van der Waals surface area contributed by atoms with Gasteiger partial charge in [-0.25, -0.2) is 0 Å². The zero-order valence-electron chi connectivity index (χ0n) is 7.47. The van der Waals surface area contributed by atoms with Crippen molar-refractivity contribution < 1.29 is 4.42 Å². The van der Waals surface area contributed by atoms with E-state index in [1.54, 1.807) is 0 Å². The molecule has 0 fully saturated rings. The van der Waals surface area contributed by atoms with Crippen molar-refractivity contribution in [1.82, 2.24) is 25.6 Å². The van der Waals surface area contributed by atoms with Gasteiger partial charge in [-0.2, -0.15) is 15.4 Å². The molecule has 2 aromatic rings. The number of nitrogens with one attached hydrogen (secondary N) is 1. The molecule has 2 heterocycles. The molecule has 14 heavy (non-hydrogen) atoms. The SMILES string of the molecule is NCCCc1nnc(-c2cn[nH]n2)o1. The van der Waals surface area contributed by atoms with E-state index < -0.39 is 0 Å². The Labute approximate surface area is 79.7 Å². The molecule has 0 saturated carbocycles. The first-order valence-corrected chi connectivity index (χ1v) is 4.28. The summed E-state index contributed by atoms with van der Waals surface area (Å²) < 4.78 is 5.33. The molecule has 0 spiro atoms. The summed E-state index contributed by atoms with van der Waals surface area (Å²) in [6.07, 6.45) is 3.06. The average Bonchev–Trinajstić information content (AvgIpc) is 2.85. The molecule has 0 aliphatic heterocycles. The van der Waals surface area contributed by atoms with Crippen molar-refractivity contribution in [2.24, 2.45) is 5.73 Å². The van der Waals surface area contributed by atoms with Crippen molar-refractivity contribution in [1.29, 1.82) is 0 Å². The van der Waals surface area contributed by atoms with E-state index in [0.717, 1.165) is 6.42 Å². The van der Waals surface area contributed by atoms with Gasteiger partial charge >= 0.3 is 0 Å². The van der Waals surface area contributed by atoms with Gasteiger partial charge in [-0.05, 0) is 13.0 Å². The van der Waals surface area contributed by atoms with Crippen LogP contribution < -0.4 is 5.73 Å². The monoisotopic (exact) mass is 194 g/mol. The van der Waals surface area contributed by atoms with Crippen LogP contribution in [-0.4, -0.2) is 32.2 Å². The summed E-state index contributed by atoms with van der Waals surface area (Å²) in [5.41, 5.74) is 5.91. The zero-order valence-corrected chi connectivity index (χ0v) is 7.47. The second-order valence-corrected chi connectivity index (χ2v) is 2.75. The van der Waals surface area contributed by atoms with Gasteiger partial charge < -0.3 is 10.2 Å². The van der Waals surface area contributed by atoms with E-state index in [1.807, 2.05) is 0 Å². The van der Waals surface area contributed by atoms with Gasteiger partial charge in [-0.15, -0.1) is 10.2 Å². The Bertz CT molecular complexity index is 381. The maximum Gasteiger partial charge on any atom is 0.269 e. The minimum Gasteiger partial charge on any atom is -0.419 e. The Morgan fingerprint density at radius 2 is 2.36 bits per heavy atom. The molecule has 0 aliphatic carbocycles. The van der Waals surface area contributed by atoms with Crippen LogP contribution in [0.1, 0.15) is 12.3 Å². The summed E-state index contributed by atoms with van der Waals surface area (Å²) in [6, 6.07) is 0. The number of hydrogen-bond acceptors (Lipinski definition) is 6. The second kappa shape index (κ2) is 3.97. The van der Waals surface area contributed by atoms with Crippen LogP contribution in [0.5, 0.6) is 0 Å². The van der Waals surface area contributed by atoms with E-state index in [2.05, 4.69) is 25.6 Å². The zero-order chi connectivity index (χ0) is 9.80. The van der Waals surface area contributed by atoms with Crippen LogP contribution in [0.4, 0.5) is 0 Å². The number of rotatable bonds is 4. The Morgan fingerprint density at radius 3 is 3.07 bits per heavy atom. The summed E-state index contributed by atoms with van der Waals surface area (Å²) in [5.74, 6) is 0.958. The van der Waals surface area contributed by atoms with Crippen molar-refractivity contribution in [3.8, 4) is 11.6 Å². The van der Waals surface area contributed by atoms with Crippen molar-refractivity contribution in [2.45, 2.75) is 12.8 Å². The lowest BCUT2D eigenvalue weighted by atomic mass is 10.3. The average molecular weight is 194 g/mol. The van der Waals surface area contributed by atoms with Gasteiger partial charge in [-0.3, -0.25) is 0 Å². The molecule has 0 unspecified atom stereocenters. The van der Waals surface area contributed by atoms with Crippen molar-refractivity contribution in [3.05, 3.63) is 12.1 Å². The van der Waals surface area contributed by atoms with Gasteiger partial charge in [-0.1, -0.05) is 0 Å². The summed E-state index contributed by atoms with van der Waals surface area (Å²) in [7, 11) is 0. The Morgan fingerprint density at radius 1 is 1.43 bits per heavy atom. The number of aromatic amines is 1. The van der Waals surface area contributed by atoms with Crippen molar-refractivity contribution >= 4 is 0 Å². The fourth-order valence-electron chi connectivity index (χ4n) is 1.02. The van der Waals surface area contributed by atoms with E-state index >= 15 is 0 Å². The van der Waals surface area contributed by atoms with Crippen LogP contribution in [0, 0.1) is 0 Å². The van der Waals surface area contributed by atoms with Crippen LogP contribution in [0.25, 0.3) is 11.6 Å².